The lowest BCUT2D eigenvalue weighted by Crippen LogP contribution is -2.18. The Labute approximate surface area is 127 Å². The van der Waals surface area contributed by atoms with Crippen molar-refractivity contribution in [3.8, 4) is 0 Å². The fourth-order valence-electron chi connectivity index (χ4n) is 2.43. The minimum atomic E-state index is -0.459. The van der Waals surface area contributed by atoms with Gasteiger partial charge in [-0.05, 0) is 32.4 Å². The van der Waals surface area contributed by atoms with Crippen LogP contribution in [-0.2, 0) is 4.74 Å². The van der Waals surface area contributed by atoms with Gasteiger partial charge in [0.15, 0.2) is 5.90 Å². The predicted octanol–water partition coefficient (Wildman–Crippen LogP) is 3.33. The molecule has 2 aromatic rings. The highest BCUT2D eigenvalue weighted by atomic mass is 31.1. The molecule has 0 saturated heterocycles. The molecule has 1 aliphatic heterocycles. The molecule has 0 amide bonds. The molecule has 0 radical (unpaired) electrons. The van der Waals surface area contributed by atoms with Gasteiger partial charge >= 0.3 is 0 Å². The van der Waals surface area contributed by atoms with Gasteiger partial charge in [0.05, 0.1) is 11.7 Å². The lowest BCUT2D eigenvalue weighted by atomic mass is 10.1. The number of nitrogens with zero attached hydrogens (tertiary/aromatic N) is 1. The SMILES string of the molecule is CC1(C)COC(CP(c2ccccc2)c2ccccc2)=N1. The minimum absolute atomic E-state index is 0.0797. The van der Waals surface area contributed by atoms with E-state index in [1.807, 2.05) is 0 Å². The second-order valence-corrected chi connectivity index (χ2v) is 8.07. The molecule has 108 valence electrons. The Kier molecular flexibility index (Phi) is 4.07. The molecule has 0 N–H and O–H groups in total. The van der Waals surface area contributed by atoms with E-state index >= 15 is 0 Å². The number of hydrogen-bond acceptors (Lipinski definition) is 2. The number of benzene rings is 2. The lowest BCUT2D eigenvalue weighted by Gasteiger charge is -2.18. The van der Waals surface area contributed by atoms with Gasteiger partial charge in [-0.1, -0.05) is 60.7 Å². The van der Waals surface area contributed by atoms with Crippen molar-refractivity contribution >= 4 is 24.4 Å². The highest BCUT2D eigenvalue weighted by Gasteiger charge is 2.28. The van der Waals surface area contributed by atoms with Gasteiger partial charge in [-0.3, -0.25) is 0 Å². The van der Waals surface area contributed by atoms with Crippen LogP contribution in [0.2, 0.25) is 0 Å². The van der Waals surface area contributed by atoms with Crippen molar-refractivity contribution in [1.82, 2.24) is 0 Å². The van der Waals surface area contributed by atoms with Gasteiger partial charge in [0.25, 0.3) is 0 Å². The van der Waals surface area contributed by atoms with E-state index in [0.717, 1.165) is 12.1 Å². The Bertz CT molecular complexity index is 583. The molecule has 0 fully saturated rings. The molecule has 0 saturated carbocycles. The van der Waals surface area contributed by atoms with E-state index in [4.69, 9.17) is 9.73 Å². The van der Waals surface area contributed by atoms with Crippen molar-refractivity contribution in [2.45, 2.75) is 19.4 Å². The molecule has 2 nitrogen and oxygen atoms in total. The van der Waals surface area contributed by atoms with E-state index in [1.165, 1.54) is 10.6 Å². The summed E-state index contributed by atoms with van der Waals surface area (Å²) in [4.78, 5) is 4.72. The molecular formula is C18H20NOP. The Morgan fingerprint density at radius 2 is 1.48 bits per heavy atom. The molecule has 0 atom stereocenters. The first-order valence-corrected chi connectivity index (χ1v) is 8.76. The maximum absolute atomic E-state index is 5.81. The molecule has 0 aliphatic carbocycles. The predicted molar refractivity (Wildman–Crippen MR) is 91.4 cm³/mol. The van der Waals surface area contributed by atoms with E-state index < -0.39 is 7.92 Å². The molecule has 0 unspecified atom stereocenters. The van der Waals surface area contributed by atoms with Gasteiger partial charge in [0.2, 0.25) is 0 Å². The van der Waals surface area contributed by atoms with Gasteiger partial charge < -0.3 is 4.74 Å². The van der Waals surface area contributed by atoms with Crippen molar-refractivity contribution < 1.29 is 4.74 Å². The molecule has 0 bridgehead atoms. The summed E-state index contributed by atoms with van der Waals surface area (Å²) in [5.41, 5.74) is -0.0797. The second-order valence-electron chi connectivity index (χ2n) is 5.86. The maximum Gasteiger partial charge on any atom is 0.189 e. The summed E-state index contributed by atoms with van der Waals surface area (Å²) >= 11 is 0. The second kappa shape index (κ2) is 5.99. The van der Waals surface area contributed by atoms with Crippen LogP contribution in [0.25, 0.3) is 0 Å². The third kappa shape index (κ3) is 3.51. The summed E-state index contributed by atoms with van der Waals surface area (Å²) in [5.74, 6) is 0.902. The van der Waals surface area contributed by atoms with E-state index in [2.05, 4.69) is 74.5 Å². The quantitative estimate of drug-likeness (QED) is 0.793. The van der Waals surface area contributed by atoms with Crippen LogP contribution in [0, 0.1) is 0 Å². The van der Waals surface area contributed by atoms with Gasteiger partial charge in [-0.2, -0.15) is 0 Å². The molecule has 1 aliphatic rings. The van der Waals surface area contributed by atoms with E-state index in [-0.39, 0.29) is 5.54 Å². The van der Waals surface area contributed by atoms with Crippen LogP contribution in [0.1, 0.15) is 13.8 Å². The summed E-state index contributed by atoms with van der Waals surface area (Å²) < 4.78 is 5.81. The normalized spacial score (nSPS) is 16.6. The van der Waals surface area contributed by atoms with Crippen LogP contribution in [0.5, 0.6) is 0 Å². The van der Waals surface area contributed by atoms with E-state index in [0.29, 0.717) is 6.61 Å². The summed E-state index contributed by atoms with van der Waals surface area (Å²) in [6, 6.07) is 21.4. The number of hydrogen-bond donors (Lipinski definition) is 0. The van der Waals surface area contributed by atoms with E-state index in [9.17, 15) is 0 Å². The summed E-state index contributed by atoms with van der Waals surface area (Å²) in [6.45, 7) is 4.93. The topological polar surface area (TPSA) is 21.6 Å². The third-order valence-corrected chi connectivity index (χ3v) is 5.88. The zero-order valence-corrected chi connectivity index (χ0v) is 13.4. The van der Waals surface area contributed by atoms with Crippen molar-refractivity contribution in [2.24, 2.45) is 4.99 Å². The number of ether oxygens (including phenoxy) is 1. The Morgan fingerprint density at radius 3 is 1.90 bits per heavy atom. The van der Waals surface area contributed by atoms with Gasteiger partial charge in [0.1, 0.15) is 6.61 Å². The molecular weight excluding hydrogens is 277 g/mol. The van der Waals surface area contributed by atoms with Crippen LogP contribution < -0.4 is 10.6 Å². The van der Waals surface area contributed by atoms with Crippen LogP contribution >= 0.6 is 7.92 Å². The molecule has 3 heteroatoms. The lowest BCUT2D eigenvalue weighted by molar-refractivity contribution is 0.278. The highest BCUT2D eigenvalue weighted by Crippen LogP contribution is 2.35. The first kappa shape index (κ1) is 14.3. The molecule has 3 rings (SSSR count). The average Bonchev–Trinajstić information content (AvgIpc) is 2.86. The van der Waals surface area contributed by atoms with Gasteiger partial charge in [0, 0.05) is 0 Å². The summed E-state index contributed by atoms with van der Waals surface area (Å²) in [6.07, 6.45) is 0.882. The van der Waals surface area contributed by atoms with Crippen molar-refractivity contribution in [3.63, 3.8) is 0 Å². The number of aliphatic imine (C=N–C) groups is 1. The van der Waals surface area contributed by atoms with Crippen LogP contribution in [0.4, 0.5) is 0 Å². The Morgan fingerprint density at radius 1 is 0.952 bits per heavy atom. The summed E-state index contributed by atoms with van der Waals surface area (Å²) in [7, 11) is -0.459. The first-order chi connectivity index (χ1) is 10.1. The average molecular weight is 297 g/mol. The Hall–Kier alpha value is -1.66. The van der Waals surface area contributed by atoms with Crippen LogP contribution in [0.15, 0.2) is 65.7 Å². The van der Waals surface area contributed by atoms with Gasteiger partial charge in [-0.25, -0.2) is 4.99 Å². The van der Waals surface area contributed by atoms with Gasteiger partial charge in [-0.15, -0.1) is 0 Å². The Balaban J connectivity index is 1.91. The van der Waals surface area contributed by atoms with Crippen molar-refractivity contribution in [1.29, 1.82) is 0 Å². The molecule has 21 heavy (non-hydrogen) atoms. The fraction of sp³-hybridized carbons (Fsp3) is 0.278. The zero-order valence-electron chi connectivity index (χ0n) is 12.5. The fourth-order valence-corrected chi connectivity index (χ4v) is 4.59. The number of rotatable bonds is 4. The molecule has 0 aromatic heterocycles. The minimum Gasteiger partial charge on any atom is -0.478 e. The van der Waals surface area contributed by atoms with Crippen LogP contribution in [0.3, 0.4) is 0 Å². The molecule has 1 heterocycles. The largest absolute Gasteiger partial charge is 0.478 e. The van der Waals surface area contributed by atoms with Crippen molar-refractivity contribution in [2.75, 3.05) is 12.8 Å². The first-order valence-electron chi connectivity index (χ1n) is 7.23. The summed E-state index contributed by atoms with van der Waals surface area (Å²) in [5, 5.41) is 2.74. The maximum atomic E-state index is 5.81. The zero-order chi connectivity index (χ0) is 14.7. The molecule has 0 spiro atoms. The standard InChI is InChI=1S/C18H20NOP/c1-18(2)14-20-17(19-18)13-21(15-9-5-3-6-10-15)16-11-7-4-8-12-16/h3-12H,13-14H2,1-2H3. The third-order valence-electron chi connectivity index (χ3n) is 3.45. The van der Waals surface area contributed by atoms with Crippen molar-refractivity contribution in [3.05, 3.63) is 60.7 Å². The van der Waals surface area contributed by atoms with E-state index in [1.54, 1.807) is 0 Å². The monoisotopic (exact) mass is 297 g/mol. The van der Waals surface area contributed by atoms with Crippen LogP contribution in [-0.4, -0.2) is 24.2 Å². The smallest absolute Gasteiger partial charge is 0.189 e. The highest BCUT2D eigenvalue weighted by molar-refractivity contribution is 7.73. The molecule has 2 aromatic carbocycles.